The average molecular weight is 231 g/mol. The van der Waals surface area contributed by atoms with Crippen LogP contribution in [0.4, 0.5) is 0 Å². The largest absolute Gasteiger partial charge is 0.480 e. The van der Waals surface area contributed by atoms with Gasteiger partial charge in [0.1, 0.15) is 6.04 Å². The van der Waals surface area contributed by atoms with Crippen molar-refractivity contribution in [3.05, 3.63) is 0 Å². The van der Waals surface area contributed by atoms with Crippen molar-refractivity contribution in [2.45, 2.75) is 39.3 Å². The first kappa shape index (κ1) is 12.8. The maximum atomic E-state index is 10.9. The third-order valence-corrected chi connectivity index (χ3v) is 4.57. The summed E-state index contributed by atoms with van der Waals surface area (Å²) in [6, 6.07) is -0.0321. The van der Waals surface area contributed by atoms with E-state index in [4.69, 9.17) is 5.11 Å². The zero-order chi connectivity index (χ0) is 11.6. The Bertz CT molecular complexity index is 243. The number of thioether (sulfide) groups is 1. The normalized spacial score (nSPS) is 27.7. The van der Waals surface area contributed by atoms with E-state index in [1.54, 1.807) is 6.92 Å². The Morgan fingerprint density at radius 2 is 2.20 bits per heavy atom. The smallest absolute Gasteiger partial charge is 0.320 e. The first-order valence-corrected chi connectivity index (χ1v) is 6.54. The number of rotatable bonds is 3. The summed E-state index contributed by atoms with van der Waals surface area (Å²) < 4.78 is 0. The van der Waals surface area contributed by atoms with Crippen molar-refractivity contribution in [3.8, 4) is 0 Å². The molecule has 1 fully saturated rings. The van der Waals surface area contributed by atoms with Gasteiger partial charge in [-0.3, -0.25) is 9.69 Å². The Labute approximate surface area is 96.2 Å². The monoisotopic (exact) mass is 231 g/mol. The molecule has 1 aliphatic rings. The number of carbonyl (C=O) groups is 1. The van der Waals surface area contributed by atoms with E-state index in [2.05, 4.69) is 13.8 Å². The lowest BCUT2D eigenvalue weighted by Gasteiger charge is -2.44. The summed E-state index contributed by atoms with van der Waals surface area (Å²) in [5.41, 5.74) is 0.226. The number of hydrogen-bond acceptors (Lipinski definition) is 3. The highest BCUT2D eigenvalue weighted by molar-refractivity contribution is 7.99. The number of aliphatic carboxylic acids is 1. The third-order valence-electron chi connectivity index (χ3n) is 3.53. The van der Waals surface area contributed by atoms with Gasteiger partial charge >= 0.3 is 5.97 Å². The van der Waals surface area contributed by atoms with Crippen LogP contribution in [0.2, 0.25) is 0 Å². The molecule has 0 aromatic rings. The summed E-state index contributed by atoms with van der Waals surface area (Å²) >= 11 is 1.93. The molecular weight excluding hydrogens is 210 g/mol. The minimum Gasteiger partial charge on any atom is -0.480 e. The second-order valence-corrected chi connectivity index (χ2v) is 6.16. The summed E-state index contributed by atoms with van der Waals surface area (Å²) in [6.45, 7) is 6.24. The highest BCUT2D eigenvalue weighted by Crippen LogP contribution is 2.37. The molecule has 0 aromatic carbocycles. The van der Waals surface area contributed by atoms with Crippen LogP contribution in [0.25, 0.3) is 0 Å². The van der Waals surface area contributed by atoms with E-state index in [0.717, 1.165) is 5.75 Å². The minimum atomic E-state index is -0.733. The Morgan fingerprint density at radius 1 is 1.60 bits per heavy atom. The van der Waals surface area contributed by atoms with Crippen LogP contribution < -0.4 is 0 Å². The maximum absolute atomic E-state index is 10.9. The van der Waals surface area contributed by atoms with Gasteiger partial charge in [0.05, 0.1) is 0 Å². The van der Waals surface area contributed by atoms with Crippen molar-refractivity contribution in [2.75, 3.05) is 18.6 Å². The predicted molar refractivity (Wildman–Crippen MR) is 64.4 cm³/mol. The topological polar surface area (TPSA) is 40.5 Å². The van der Waals surface area contributed by atoms with E-state index in [-0.39, 0.29) is 5.41 Å². The van der Waals surface area contributed by atoms with Gasteiger partial charge in [0, 0.05) is 11.8 Å². The summed E-state index contributed by atoms with van der Waals surface area (Å²) in [5, 5.41) is 9.00. The third kappa shape index (κ3) is 2.88. The van der Waals surface area contributed by atoms with Gasteiger partial charge in [0.2, 0.25) is 0 Å². The minimum absolute atomic E-state index is 0.226. The van der Waals surface area contributed by atoms with Gasteiger partial charge in [0.15, 0.2) is 0 Å². The predicted octanol–water partition coefficient (Wildman–Crippen LogP) is 1.92. The number of nitrogens with zero attached hydrogens (tertiary/aromatic N) is 1. The lowest BCUT2D eigenvalue weighted by atomic mass is 9.81. The van der Waals surface area contributed by atoms with Gasteiger partial charge in [0.25, 0.3) is 0 Å². The standard InChI is InChI=1S/C11H21NO2S/c1-8(10(13)14)12(4)9-7-15-6-5-11(9,2)3/h8-9H,5-7H2,1-4H3,(H,13,14). The second-order valence-electron chi connectivity index (χ2n) is 5.01. The molecule has 1 saturated heterocycles. The van der Waals surface area contributed by atoms with E-state index in [1.807, 2.05) is 23.7 Å². The van der Waals surface area contributed by atoms with E-state index in [1.165, 1.54) is 12.2 Å². The number of likely N-dealkylation sites (N-methyl/N-ethyl adjacent to an activating group) is 1. The molecule has 4 heteroatoms. The molecule has 0 amide bonds. The van der Waals surface area contributed by atoms with Crippen molar-refractivity contribution in [3.63, 3.8) is 0 Å². The van der Waals surface area contributed by atoms with Gasteiger partial charge in [-0.05, 0) is 31.6 Å². The van der Waals surface area contributed by atoms with Gasteiger partial charge in [-0.2, -0.15) is 11.8 Å². The van der Waals surface area contributed by atoms with E-state index in [9.17, 15) is 4.79 Å². The molecule has 2 unspecified atom stereocenters. The molecule has 1 aliphatic heterocycles. The highest BCUT2D eigenvalue weighted by atomic mass is 32.2. The fourth-order valence-corrected chi connectivity index (χ4v) is 3.78. The molecule has 88 valence electrons. The SMILES string of the molecule is CC(C(=O)O)N(C)C1CSCCC1(C)C. The van der Waals surface area contributed by atoms with Crippen molar-refractivity contribution in [1.29, 1.82) is 0 Å². The summed E-state index contributed by atoms with van der Waals surface area (Å²) in [4.78, 5) is 13.0. The van der Waals surface area contributed by atoms with Crippen LogP contribution in [-0.2, 0) is 4.79 Å². The summed E-state index contributed by atoms with van der Waals surface area (Å²) in [7, 11) is 1.93. The summed E-state index contributed by atoms with van der Waals surface area (Å²) in [5.74, 6) is 1.50. The van der Waals surface area contributed by atoms with E-state index in [0.29, 0.717) is 6.04 Å². The molecule has 1 N–H and O–H groups in total. The van der Waals surface area contributed by atoms with E-state index < -0.39 is 12.0 Å². The molecule has 0 spiro atoms. The number of carboxylic acid groups (broad SMARTS) is 1. The zero-order valence-electron chi connectivity index (χ0n) is 9.99. The quantitative estimate of drug-likeness (QED) is 0.805. The Balaban J connectivity index is 2.72. The number of carboxylic acids is 1. The molecule has 1 heterocycles. The molecule has 0 bridgehead atoms. The van der Waals surface area contributed by atoms with Gasteiger partial charge in [-0.15, -0.1) is 0 Å². The fourth-order valence-electron chi connectivity index (χ4n) is 2.04. The molecule has 2 atom stereocenters. The van der Waals surface area contributed by atoms with Crippen molar-refractivity contribution < 1.29 is 9.90 Å². The zero-order valence-corrected chi connectivity index (χ0v) is 10.8. The van der Waals surface area contributed by atoms with Gasteiger partial charge < -0.3 is 5.11 Å². The van der Waals surface area contributed by atoms with Crippen LogP contribution in [-0.4, -0.2) is 46.6 Å². The van der Waals surface area contributed by atoms with E-state index >= 15 is 0 Å². The lowest BCUT2D eigenvalue weighted by Crippen LogP contribution is -2.52. The Kier molecular flexibility index (Phi) is 4.06. The molecule has 0 aromatic heterocycles. The van der Waals surface area contributed by atoms with Crippen molar-refractivity contribution in [2.24, 2.45) is 5.41 Å². The molecule has 15 heavy (non-hydrogen) atoms. The summed E-state index contributed by atoms with van der Waals surface area (Å²) in [6.07, 6.45) is 1.17. The van der Waals surface area contributed by atoms with Crippen LogP contribution in [0.1, 0.15) is 27.2 Å². The molecular formula is C11H21NO2S. The Hall–Kier alpha value is -0.220. The Morgan fingerprint density at radius 3 is 2.67 bits per heavy atom. The lowest BCUT2D eigenvalue weighted by molar-refractivity contribution is -0.143. The maximum Gasteiger partial charge on any atom is 0.320 e. The van der Waals surface area contributed by atoms with Crippen LogP contribution in [0, 0.1) is 5.41 Å². The first-order valence-electron chi connectivity index (χ1n) is 5.39. The van der Waals surface area contributed by atoms with Crippen molar-refractivity contribution in [1.82, 2.24) is 4.90 Å². The molecule has 1 rings (SSSR count). The van der Waals surface area contributed by atoms with Crippen LogP contribution in [0.5, 0.6) is 0 Å². The van der Waals surface area contributed by atoms with Gasteiger partial charge in [-0.1, -0.05) is 13.8 Å². The molecule has 3 nitrogen and oxygen atoms in total. The average Bonchev–Trinajstić information content (AvgIpc) is 2.15. The van der Waals surface area contributed by atoms with Crippen molar-refractivity contribution >= 4 is 17.7 Å². The number of hydrogen-bond donors (Lipinski definition) is 1. The molecule has 0 radical (unpaired) electrons. The first-order chi connectivity index (χ1) is 6.86. The van der Waals surface area contributed by atoms with Crippen LogP contribution in [0.3, 0.4) is 0 Å². The second kappa shape index (κ2) is 4.74. The molecule has 0 aliphatic carbocycles. The van der Waals surface area contributed by atoms with Crippen LogP contribution in [0.15, 0.2) is 0 Å². The van der Waals surface area contributed by atoms with Crippen LogP contribution >= 0.6 is 11.8 Å². The van der Waals surface area contributed by atoms with Gasteiger partial charge in [-0.25, -0.2) is 0 Å². The molecule has 0 saturated carbocycles. The highest BCUT2D eigenvalue weighted by Gasteiger charge is 2.38. The fraction of sp³-hybridized carbons (Fsp3) is 0.909.